The molecule has 1 saturated heterocycles. The van der Waals surface area contributed by atoms with E-state index in [1.54, 1.807) is 22.8 Å². The van der Waals surface area contributed by atoms with Gasteiger partial charge in [0.15, 0.2) is 5.65 Å². The second kappa shape index (κ2) is 7.87. The third-order valence-corrected chi connectivity index (χ3v) is 5.44. The minimum Gasteiger partial charge on any atom is -0.470 e. The molecule has 0 amide bonds. The second-order valence-corrected chi connectivity index (χ2v) is 7.46. The molecule has 0 bridgehead atoms. The Hall–Kier alpha value is -3.26. The predicted molar refractivity (Wildman–Crippen MR) is 109 cm³/mol. The van der Waals surface area contributed by atoms with E-state index in [9.17, 15) is 4.39 Å². The van der Waals surface area contributed by atoms with Crippen molar-refractivity contribution in [2.45, 2.75) is 31.9 Å². The first-order chi connectivity index (χ1) is 14.7. The first kappa shape index (κ1) is 18.7. The SMILES string of the molecule is CC(Oc1ccn2ncc(-c3cnn(C4CCOCC4)c3)c2n1)c1cccc(F)c1. The van der Waals surface area contributed by atoms with Crippen molar-refractivity contribution < 1.29 is 13.9 Å². The maximum absolute atomic E-state index is 13.5. The highest BCUT2D eigenvalue weighted by Crippen LogP contribution is 2.28. The summed E-state index contributed by atoms with van der Waals surface area (Å²) in [5.74, 6) is 0.170. The number of ether oxygens (including phenoxy) is 2. The summed E-state index contributed by atoms with van der Waals surface area (Å²) in [5.41, 5.74) is 3.28. The van der Waals surface area contributed by atoms with Gasteiger partial charge in [-0.15, -0.1) is 0 Å². The minimum absolute atomic E-state index is 0.286. The van der Waals surface area contributed by atoms with Crippen molar-refractivity contribution in [1.29, 1.82) is 0 Å². The molecule has 154 valence electrons. The zero-order valence-electron chi connectivity index (χ0n) is 16.6. The lowest BCUT2D eigenvalue weighted by atomic mass is 10.1. The van der Waals surface area contributed by atoms with Gasteiger partial charge in [-0.3, -0.25) is 4.68 Å². The van der Waals surface area contributed by atoms with Gasteiger partial charge >= 0.3 is 0 Å². The van der Waals surface area contributed by atoms with E-state index in [-0.39, 0.29) is 11.9 Å². The number of fused-ring (bicyclic) bond motifs is 1. The highest BCUT2D eigenvalue weighted by molar-refractivity contribution is 5.76. The number of hydrogen-bond acceptors (Lipinski definition) is 5. The zero-order valence-corrected chi connectivity index (χ0v) is 16.6. The molecule has 30 heavy (non-hydrogen) atoms. The van der Waals surface area contributed by atoms with Crippen LogP contribution in [0.25, 0.3) is 16.8 Å². The largest absolute Gasteiger partial charge is 0.470 e. The quantitative estimate of drug-likeness (QED) is 0.495. The molecule has 3 aromatic heterocycles. The molecule has 1 fully saturated rings. The summed E-state index contributed by atoms with van der Waals surface area (Å²) in [6.45, 7) is 3.40. The molecule has 5 rings (SSSR count). The van der Waals surface area contributed by atoms with Gasteiger partial charge in [-0.2, -0.15) is 15.2 Å². The van der Waals surface area contributed by atoms with E-state index in [4.69, 9.17) is 9.47 Å². The zero-order chi connectivity index (χ0) is 20.5. The highest BCUT2D eigenvalue weighted by atomic mass is 19.1. The van der Waals surface area contributed by atoms with Gasteiger partial charge < -0.3 is 9.47 Å². The molecule has 8 heteroatoms. The van der Waals surface area contributed by atoms with Crippen LogP contribution in [0, 0.1) is 5.82 Å². The van der Waals surface area contributed by atoms with Crippen LogP contribution in [0.2, 0.25) is 0 Å². The fourth-order valence-electron chi connectivity index (χ4n) is 3.76. The smallest absolute Gasteiger partial charge is 0.217 e. The molecule has 0 radical (unpaired) electrons. The van der Waals surface area contributed by atoms with Crippen molar-refractivity contribution in [2.75, 3.05) is 13.2 Å². The average molecular weight is 407 g/mol. The molecular weight excluding hydrogens is 385 g/mol. The summed E-state index contributed by atoms with van der Waals surface area (Å²) in [6, 6.07) is 8.50. The first-order valence-electron chi connectivity index (χ1n) is 10.1. The number of rotatable bonds is 5. The van der Waals surface area contributed by atoms with Crippen LogP contribution >= 0.6 is 0 Å². The number of halogens is 1. The van der Waals surface area contributed by atoms with Crippen LogP contribution in [-0.2, 0) is 4.74 Å². The van der Waals surface area contributed by atoms with E-state index >= 15 is 0 Å². The summed E-state index contributed by atoms with van der Waals surface area (Å²) in [4.78, 5) is 4.65. The number of nitrogens with zero attached hydrogens (tertiary/aromatic N) is 5. The van der Waals surface area contributed by atoms with Gasteiger partial charge in [0, 0.05) is 42.8 Å². The van der Waals surface area contributed by atoms with E-state index in [0.717, 1.165) is 42.7 Å². The van der Waals surface area contributed by atoms with Crippen LogP contribution < -0.4 is 4.74 Å². The number of aromatic nitrogens is 5. The molecule has 0 N–H and O–H groups in total. The van der Waals surface area contributed by atoms with E-state index in [1.807, 2.05) is 36.3 Å². The third-order valence-electron chi connectivity index (χ3n) is 5.44. The van der Waals surface area contributed by atoms with Crippen molar-refractivity contribution in [1.82, 2.24) is 24.4 Å². The monoisotopic (exact) mass is 407 g/mol. The highest BCUT2D eigenvalue weighted by Gasteiger charge is 2.18. The van der Waals surface area contributed by atoms with Gasteiger partial charge in [-0.25, -0.2) is 8.91 Å². The van der Waals surface area contributed by atoms with Crippen LogP contribution in [0.3, 0.4) is 0 Å². The van der Waals surface area contributed by atoms with E-state index < -0.39 is 0 Å². The van der Waals surface area contributed by atoms with Gasteiger partial charge in [0.05, 0.1) is 18.4 Å². The fourth-order valence-corrected chi connectivity index (χ4v) is 3.76. The molecule has 0 spiro atoms. The lowest BCUT2D eigenvalue weighted by Gasteiger charge is -2.22. The number of benzene rings is 1. The van der Waals surface area contributed by atoms with Crippen molar-refractivity contribution >= 4 is 5.65 Å². The molecular formula is C22H22FN5O2. The second-order valence-electron chi connectivity index (χ2n) is 7.46. The summed E-state index contributed by atoms with van der Waals surface area (Å²) in [7, 11) is 0. The lowest BCUT2D eigenvalue weighted by Crippen LogP contribution is -2.19. The molecule has 4 heterocycles. The van der Waals surface area contributed by atoms with Crippen molar-refractivity contribution in [3.63, 3.8) is 0 Å². The van der Waals surface area contributed by atoms with Gasteiger partial charge in [0.25, 0.3) is 0 Å². The summed E-state index contributed by atoms with van der Waals surface area (Å²) in [5, 5.41) is 8.95. The third kappa shape index (κ3) is 3.66. The Bertz CT molecular complexity index is 1170. The molecule has 7 nitrogen and oxygen atoms in total. The first-order valence-corrected chi connectivity index (χ1v) is 10.1. The fraction of sp³-hybridized carbons (Fsp3) is 0.318. The van der Waals surface area contributed by atoms with Crippen LogP contribution in [0.15, 0.2) is 55.1 Å². The average Bonchev–Trinajstić information content (AvgIpc) is 3.41. The van der Waals surface area contributed by atoms with E-state index in [1.165, 1.54) is 12.1 Å². The molecule has 1 aromatic carbocycles. The normalized spacial score (nSPS) is 16.1. The summed E-state index contributed by atoms with van der Waals surface area (Å²) >= 11 is 0. The Kier molecular flexibility index (Phi) is 4.92. The molecule has 4 aromatic rings. The molecule has 1 aliphatic rings. The maximum atomic E-state index is 13.5. The van der Waals surface area contributed by atoms with Crippen molar-refractivity contribution in [3.05, 3.63) is 66.5 Å². The van der Waals surface area contributed by atoms with Crippen molar-refractivity contribution in [2.24, 2.45) is 0 Å². The summed E-state index contributed by atoms with van der Waals surface area (Å²) < 4.78 is 28.6. The Balaban J connectivity index is 1.41. The van der Waals surface area contributed by atoms with Gasteiger partial charge in [-0.1, -0.05) is 12.1 Å². The van der Waals surface area contributed by atoms with Gasteiger partial charge in [-0.05, 0) is 37.5 Å². The Morgan fingerprint density at radius 2 is 2.03 bits per heavy atom. The van der Waals surface area contributed by atoms with Crippen molar-refractivity contribution in [3.8, 4) is 17.0 Å². The maximum Gasteiger partial charge on any atom is 0.217 e. The van der Waals surface area contributed by atoms with Crippen LogP contribution in [0.4, 0.5) is 4.39 Å². The van der Waals surface area contributed by atoms with Crippen LogP contribution in [-0.4, -0.2) is 37.6 Å². The van der Waals surface area contributed by atoms with E-state index in [0.29, 0.717) is 17.6 Å². The molecule has 0 aliphatic carbocycles. The minimum atomic E-state index is -0.335. The molecule has 1 unspecified atom stereocenters. The van der Waals surface area contributed by atoms with Crippen LogP contribution in [0.5, 0.6) is 5.88 Å². The Labute approximate surface area is 173 Å². The van der Waals surface area contributed by atoms with Crippen LogP contribution in [0.1, 0.15) is 37.5 Å². The lowest BCUT2D eigenvalue weighted by molar-refractivity contribution is 0.0662. The standard InChI is InChI=1S/C22H22FN5O2/c1-15(16-3-2-4-18(23)11-16)30-21-5-8-27-22(26-21)20(13-25-27)17-12-24-28(14-17)19-6-9-29-10-7-19/h2-5,8,11-15,19H,6-7,9-10H2,1H3. The van der Waals surface area contributed by atoms with Gasteiger partial charge in [0.2, 0.25) is 5.88 Å². The molecule has 1 aliphatic heterocycles. The summed E-state index contributed by atoms with van der Waals surface area (Å²) in [6.07, 6.45) is 9.07. The van der Waals surface area contributed by atoms with Gasteiger partial charge in [0.1, 0.15) is 11.9 Å². The topological polar surface area (TPSA) is 66.5 Å². The predicted octanol–water partition coefficient (Wildman–Crippen LogP) is 4.22. The van der Waals surface area contributed by atoms with E-state index in [2.05, 4.69) is 15.2 Å². The Morgan fingerprint density at radius 3 is 2.87 bits per heavy atom. The molecule has 1 atom stereocenters. The Morgan fingerprint density at radius 1 is 1.17 bits per heavy atom. The molecule has 0 saturated carbocycles. The number of hydrogen-bond donors (Lipinski definition) is 0.